The Morgan fingerprint density at radius 3 is 2.57 bits per heavy atom. The molecule has 2 aromatic rings. The zero-order chi connectivity index (χ0) is 23.8. The number of ether oxygens (including phenoxy) is 2. The summed E-state index contributed by atoms with van der Waals surface area (Å²) in [5.41, 5.74) is 1.68. The summed E-state index contributed by atoms with van der Waals surface area (Å²) in [6.45, 7) is 3.47. The minimum absolute atomic E-state index is 0.114. The van der Waals surface area contributed by atoms with Gasteiger partial charge in [-0.1, -0.05) is 18.0 Å². The summed E-state index contributed by atoms with van der Waals surface area (Å²) < 4.78 is 48.4. The summed E-state index contributed by atoms with van der Waals surface area (Å²) in [7, 11) is -3.74. The third-order valence-electron chi connectivity index (χ3n) is 7.94. The number of fused-ring (bicyclic) bond motifs is 1. The number of nitrogens with one attached hydrogen (secondary N) is 2. The zero-order valence-electron chi connectivity index (χ0n) is 20.2. The van der Waals surface area contributed by atoms with E-state index in [1.165, 1.54) is 30.0 Å². The summed E-state index contributed by atoms with van der Waals surface area (Å²) in [5.74, 6) is 2.20. The van der Waals surface area contributed by atoms with Crippen LogP contribution >= 0.6 is 0 Å². The number of nitrogens with zero attached hydrogens (tertiary/aromatic N) is 2. The first kappa shape index (κ1) is 23.5. The van der Waals surface area contributed by atoms with Crippen molar-refractivity contribution >= 4 is 27.0 Å². The molecule has 0 radical (unpaired) electrons. The lowest BCUT2D eigenvalue weighted by atomic mass is 10.1. The van der Waals surface area contributed by atoms with Crippen LogP contribution in [0.15, 0.2) is 16.7 Å². The van der Waals surface area contributed by atoms with Crippen LogP contribution in [0.2, 0.25) is 0 Å². The predicted molar refractivity (Wildman–Crippen MR) is 133 cm³/mol. The minimum Gasteiger partial charge on any atom is -0.493 e. The second-order valence-electron chi connectivity index (χ2n) is 10.6. The third-order valence-corrected chi connectivity index (χ3v) is 9.43. The van der Waals surface area contributed by atoms with Gasteiger partial charge >= 0.3 is 10.2 Å². The Morgan fingerprint density at radius 1 is 1.06 bits per heavy atom. The molecule has 4 fully saturated rings. The molecule has 0 amide bonds. The van der Waals surface area contributed by atoms with Gasteiger partial charge in [0.15, 0.2) is 11.4 Å². The van der Waals surface area contributed by atoms with Crippen LogP contribution in [0.4, 0.5) is 5.82 Å². The second-order valence-corrected chi connectivity index (χ2v) is 12.3. The lowest BCUT2D eigenvalue weighted by molar-refractivity contribution is -0.0243. The van der Waals surface area contributed by atoms with Gasteiger partial charge in [-0.15, -0.1) is 0 Å². The normalized spacial score (nSPS) is 25.0. The maximum Gasteiger partial charge on any atom is 0.302 e. The fourth-order valence-corrected chi connectivity index (χ4v) is 6.90. The molecule has 0 spiro atoms. The highest BCUT2D eigenvalue weighted by Crippen LogP contribution is 2.46. The van der Waals surface area contributed by atoms with Gasteiger partial charge in [-0.25, -0.2) is 0 Å². The first-order valence-electron chi connectivity index (χ1n) is 13.3. The molecule has 1 atom stereocenters. The summed E-state index contributed by atoms with van der Waals surface area (Å²) >= 11 is 0. The molecule has 10 heteroatoms. The van der Waals surface area contributed by atoms with Crippen molar-refractivity contribution in [3.05, 3.63) is 17.7 Å². The van der Waals surface area contributed by atoms with Gasteiger partial charge in [0.2, 0.25) is 0 Å². The van der Waals surface area contributed by atoms with Gasteiger partial charge in [-0.05, 0) is 75.0 Å². The molecule has 2 saturated heterocycles. The quantitative estimate of drug-likeness (QED) is 0.535. The van der Waals surface area contributed by atoms with Gasteiger partial charge < -0.3 is 19.3 Å². The Labute approximate surface area is 207 Å². The Morgan fingerprint density at radius 2 is 1.86 bits per heavy atom. The molecule has 1 aromatic heterocycles. The van der Waals surface area contributed by atoms with E-state index in [-0.39, 0.29) is 18.0 Å². The van der Waals surface area contributed by atoms with Gasteiger partial charge in [-0.2, -0.15) is 12.7 Å². The largest absolute Gasteiger partial charge is 0.493 e. The molecule has 6 rings (SSSR count). The van der Waals surface area contributed by atoms with E-state index < -0.39 is 10.2 Å². The van der Waals surface area contributed by atoms with Crippen molar-refractivity contribution in [2.75, 3.05) is 37.5 Å². The Bertz CT molecular complexity index is 1130. The monoisotopic (exact) mass is 504 g/mol. The second kappa shape index (κ2) is 9.88. The Hall–Kier alpha value is -1.88. The van der Waals surface area contributed by atoms with Crippen molar-refractivity contribution in [2.24, 2.45) is 5.92 Å². The molecule has 1 aromatic carbocycles. The van der Waals surface area contributed by atoms with E-state index in [0.29, 0.717) is 48.7 Å². The molecule has 2 aliphatic heterocycles. The predicted octanol–water partition coefficient (Wildman–Crippen LogP) is 3.77. The Balaban J connectivity index is 1.13. The van der Waals surface area contributed by atoms with Gasteiger partial charge in [0, 0.05) is 25.7 Å². The molecule has 4 aliphatic rings. The van der Waals surface area contributed by atoms with Crippen molar-refractivity contribution in [1.82, 2.24) is 14.8 Å². The molecule has 192 valence electrons. The SMILES string of the molecule is O=S(=O)(Nc1noc2cc(OCC3CCCC3)c(C3CC3)cc12)N1CCC(OC2CCNC2)CC1. The molecular weight excluding hydrogens is 468 g/mol. The van der Waals surface area contributed by atoms with E-state index in [0.717, 1.165) is 50.3 Å². The fourth-order valence-electron chi connectivity index (χ4n) is 5.69. The number of benzene rings is 1. The standard InChI is InChI=1S/C25H36N4O5S/c30-35(31,29-11-8-19(9-12-29)33-20-7-10-26-15-20)28-25-22-13-21(18-5-6-18)23(14-24(22)34-27-25)32-16-17-3-1-2-4-17/h13-14,17-20,26H,1-12,15-16H2,(H,27,28). The van der Waals surface area contributed by atoms with Crippen LogP contribution in [-0.4, -0.2) is 62.9 Å². The topological polar surface area (TPSA) is 106 Å². The van der Waals surface area contributed by atoms with E-state index in [1.54, 1.807) is 0 Å². The van der Waals surface area contributed by atoms with E-state index >= 15 is 0 Å². The molecule has 2 saturated carbocycles. The lowest BCUT2D eigenvalue weighted by Gasteiger charge is -2.32. The number of rotatable bonds is 9. The molecule has 2 N–H and O–H groups in total. The summed E-state index contributed by atoms with van der Waals surface area (Å²) in [5, 5.41) is 8.08. The van der Waals surface area contributed by atoms with E-state index in [1.807, 2.05) is 12.1 Å². The fraction of sp³-hybridized carbons (Fsp3) is 0.720. The van der Waals surface area contributed by atoms with Gasteiger partial charge in [-0.3, -0.25) is 4.72 Å². The smallest absolute Gasteiger partial charge is 0.302 e. The van der Waals surface area contributed by atoms with Crippen LogP contribution in [0.3, 0.4) is 0 Å². The highest BCUT2D eigenvalue weighted by atomic mass is 32.2. The average Bonchev–Trinajstić information content (AvgIpc) is 3.21. The minimum atomic E-state index is -3.74. The summed E-state index contributed by atoms with van der Waals surface area (Å²) in [4.78, 5) is 0. The molecule has 35 heavy (non-hydrogen) atoms. The van der Waals surface area contributed by atoms with Crippen LogP contribution in [0.1, 0.15) is 69.3 Å². The van der Waals surface area contributed by atoms with E-state index in [4.69, 9.17) is 14.0 Å². The van der Waals surface area contributed by atoms with Crippen molar-refractivity contribution in [1.29, 1.82) is 0 Å². The van der Waals surface area contributed by atoms with E-state index in [9.17, 15) is 8.42 Å². The molecule has 0 bridgehead atoms. The van der Waals surface area contributed by atoms with Crippen LogP contribution in [0.25, 0.3) is 11.0 Å². The number of anilines is 1. The highest BCUT2D eigenvalue weighted by Gasteiger charge is 2.33. The van der Waals surface area contributed by atoms with Gasteiger partial charge in [0.25, 0.3) is 0 Å². The van der Waals surface area contributed by atoms with Crippen molar-refractivity contribution < 1.29 is 22.4 Å². The molecule has 2 aliphatic carbocycles. The summed E-state index contributed by atoms with van der Waals surface area (Å²) in [6, 6.07) is 3.91. The summed E-state index contributed by atoms with van der Waals surface area (Å²) in [6.07, 6.45) is 10.1. The van der Waals surface area contributed by atoms with Crippen LogP contribution < -0.4 is 14.8 Å². The first-order valence-corrected chi connectivity index (χ1v) is 14.7. The number of piperidine rings is 1. The van der Waals surface area contributed by atoms with Gasteiger partial charge in [0.1, 0.15) is 5.75 Å². The average molecular weight is 505 g/mol. The molecular formula is C25H36N4O5S. The number of hydrogen-bond acceptors (Lipinski definition) is 7. The Kier molecular flexibility index (Phi) is 6.64. The van der Waals surface area contributed by atoms with Gasteiger partial charge in [0.05, 0.1) is 24.2 Å². The molecule has 3 heterocycles. The maximum absolute atomic E-state index is 13.2. The van der Waals surface area contributed by atoms with Crippen LogP contribution in [0, 0.1) is 5.92 Å². The third kappa shape index (κ3) is 5.30. The molecule has 1 unspecified atom stereocenters. The van der Waals surface area contributed by atoms with Crippen molar-refractivity contribution in [3.8, 4) is 5.75 Å². The molecule has 9 nitrogen and oxygen atoms in total. The zero-order valence-corrected chi connectivity index (χ0v) is 21.0. The number of hydrogen-bond donors (Lipinski definition) is 2. The van der Waals surface area contributed by atoms with Crippen LogP contribution in [0.5, 0.6) is 5.75 Å². The highest BCUT2D eigenvalue weighted by molar-refractivity contribution is 7.90. The maximum atomic E-state index is 13.2. The van der Waals surface area contributed by atoms with Crippen molar-refractivity contribution in [3.63, 3.8) is 0 Å². The van der Waals surface area contributed by atoms with Crippen molar-refractivity contribution in [2.45, 2.75) is 75.9 Å². The van der Waals surface area contributed by atoms with E-state index in [2.05, 4.69) is 15.2 Å². The number of aromatic nitrogens is 1. The van der Waals surface area contributed by atoms with Crippen LogP contribution in [-0.2, 0) is 14.9 Å². The lowest BCUT2D eigenvalue weighted by Crippen LogP contribution is -2.44. The first-order chi connectivity index (χ1) is 17.0.